The second kappa shape index (κ2) is 18.7. The molecule has 1 atom stereocenters. The normalized spacial score (nSPS) is 17.9. The molecule has 0 aliphatic heterocycles. The van der Waals surface area contributed by atoms with Crippen LogP contribution in [0.4, 0.5) is 0 Å². The first-order valence-electron chi connectivity index (χ1n) is 12.6. The van der Waals surface area contributed by atoms with Gasteiger partial charge in [0.1, 0.15) is 5.78 Å². The van der Waals surface area contributed by atoms with E-state index in [0.29, 0.717) is 6.42 Å². The first-order valence-corrected chi connectivity index (χ1v) is 12.6. The van der Waals surface area contributed by atoms with E-state index >= 15 is 0 Å². The van der Waals surface area contributed by atoms with Crippen molar-refractivity contribution in [2.75, 3.05) is 0 Å². The lowest BCUT2D eigenvalue weighted by molar-refractivity contribution is -0.117. The number of allylic oxidation sites excluding steroid dienone is 10. The Bertz CT molecular complexity index is 679. The number of carbonyl (C=O) groups is 1. The highest BCUT2D eigenvalue weighted by atomic mass is 16.1. The molecular weight excluding hydrogens is 388 g/mol. The molecular formula is C31H54O. The minimum absolute atomic E-state index is 0.0485. The Labute approximate surface area is 202 Å². The molecule has 0 aromatic heterocycles. The zero-order valence-electron chi connectivity index (χ0n) is 23.6. The molecule has 184 valence electrons. The van der Waals surface area contributed by atoms with Crippen LogP contribution < -0.4 is 0 Å². The third-order valence-corrected chi connectivity index (χ3v) is 5.68. The van der Waals surface area contributed by atoms with E-state index in [2.05, 4.69) is 66.0 Å². The van der Waals surface area contributed by atoms with Crippen LogP contribution in [0.25, 0.3) is 0 Å². The highest BCUT2D eigenvalue weighted by molar-refractivity contribution is 5.75. The molecule has 0 radical (unpaired) electrons. The summed E-state index contributed by atoms with van der Waals surface area (Å²) in [6.45, 7) is 32.7. The molecule has 0 aromatic rings. The monoisotopic (exact) mass is 442 g/mol. The maximum absolute atomic E-state index is 11.4. The fourth-order valence-electron chi connectivity index (χ4n) is 3.88. The van der Waals surface area contributed by atoms with Crippen LogP contribution in [-0.2, 0) is 4.79 Å². The van der Waals surface area contributed by atoms with Crippen LogP contribution >= 0.6 is 0 Å². The molecule has 0 heterocycles. The van der Waals surface area contributed by atoms with Crippen LogP contribution in [-0.4, -0.2) is 5.78 Å². The largest absolute Gasteiger partial charge is 0.300 e. The third-order valence-electron chi connectivity index (χ3n) is 5.68. The number of Topliss-reactive ketones (excluding diaryl/α,β-unsaturated/α-hetero) is 1. The van der Waals surface area contributed by atoms with E-state index in [1.54, 1.807) is 6.92 Å². The number of rotatable bonds is 10. The molecule has 0 fully saturated rings. The first kappa shape index (κ1) is 34.7. The molecule has 1 nitrogen and oxygen atoms in total. The van der Waals surface area contributed by atoms with Gasteiger partial charge in [-0.3, -0.25) is 0 Å². The van der Waals surface area contributed by atoms with E-state index in [-0.39, 0.29) is 16.6 Å². The molecule has 1 aliphatic carbocycles. The van der Waals surface area contributed by atoms with E-state index in [1.807, 2.05) is 59.8 Å². The second-order valence-electron chi connectivity index (χ2n) is 8.36. The predicted molar refractivity (Wildman–Crippen MR) is 149 cm³/mol. The van der Waals surface area contributed by atoms with Crippen molar-refractivity contribution in [3.63, 3.8) is 0 Å². The van der Waals surface area contributed by atoms with Crippen LogP contribution in [0.3, 0.4) is 0 Å². The van der Waals surface area contributed by atoms with Crippen LogP contribution in [0.1, 0.15) is 109 Å². The fraction of sp³-hybridized carbons (Fsp3) is 0.581. The average Bonchev–Trinajstić information content (AvgIpc) is 3.00. The summed E-state index contributed by atoms with van der Waals surface area (Å²) in [7, 11) is 0. The molecule has 0 amide bonds. The molecule has 0 N–H and O–H groups in total. The van der Waals surface area contributed by atoms with E-state index < -0.39 is 0 Å². The molecule has 0 saturated heterocycles. The van der Waals surface area contributed by atoms with Crippen molar-refractivity contribution in [1.29, 1.82) is 0 Å². The van der Waals surface area contributed by atoms with Gasteiger partial charge in [-0.25, -0.2) is 0 Å². The van der Waals surface area contributed by atoms with Crippen LogP contribution in [0, 0.1) is 10.8 Å². The van der Waals surface area contributed by atoms with E-state index in [1.165, 1.54) is 22.3 Å². The summed E-state index contributed by atoms with van der Waals surface area (Å²) < 4.78 is 0. The van der Waals surface area contributed by atoms with Gasteiger partial charge in [0.15, 0.2) is 0 Å². The van der Waals surface area contributed by atoms with E-state index in [4.69, 9.17) is 0 Å². The standard InChI is InChI=1S/C25H36O.3C2H6/c1-9-12-14-22-20(5)21(11-3)23(13-10-2)25(22,8)18-17-24(6,7)16-15-19(4)26;3*1-2/h9-14H,1,3,15-18H2,2,4-8H3;3*1-2H3/b13-10-,14-12-;;;. The second-order valence-corrected chi connectivity index (χ2v) is 8.36. The lowest BCUT2D eigenvalue weighted by Crippen LogP contribution is -2.23. The Morgan fingerprint density at radius 3 is 1.91 bits per heavy atom. The molecule has 1 heteroatoms. The summed E-state index contributed by atoms with van der Waals surface area (Å²) in [5, 5.41) is 0. The van der Waals surface area contributed by atoms with Gasteiger partial charge in [-0.1, -0.05) is 112 Å². The van der Waals surface area contributed by atoms with Gasteiger partial charge in [-0.05, 0) is 67.7 Å². The molecule has 1 rings (SSSR count). The molecule has 0 spiro atoms. The number of ketones is 1. The molecule has 32 heavy (non-hydrogen) atoms. The lowest BCUT2D eigenvalue weighted by atomic mass is 9.69. The number of hydrogen-bond acceptors (Lipinski definition) is 1. The highest BCUT2D eigenvalue weighted by Crippen LogP contribution is 2.52. The Balaban J connectivity index is -0.00000129. The van der Waals surface area contributed by atoms with Gasteiger partial charge >= 0.3 is 0 Å². The number of hydrogen-bond donors (Lipinski definition) is 0. The Hall–Kier alpha value is -1.89. The Kier molecular flexibility index (Phi) is 20.2. The minimum Gasteiger partial charge on any atom is -0.300 e. The third kappa shape index (κ3) is 10.6. The lowest BCUT2D eigenvalue weighted by Gasteiger charge is -2.34. The highest BCUT2D eigenvalue weighted by Gasteiger charge is 2.39. The summed E-state index contributed by atoms with van der Waals surface area (Å²) in [5.74, 6) is 0.277. The molecule has 1 aliphatic rings. The van der Waals surface area contributed by atoms with Crippen LogP contribution in [0.5, 0.6) is 0 Å². The predicted octanol–water partition coefficient (Wildman–Crippen LogP) is 10.4. The van der Waals surface area contributed by atoms with Crippen molar-refractivity contribution < 1.29 is 4.79 Å². The summed E-state index contributed by atoms with van der Waals surface area (Å²) in [6.07, 6.45) is 16.1. The maximum Gasteiger partial charge on any atom is 0.129 e. The van der Waals surface area contributed by atoms with Crippen molar-refractivity contribution in [1.82, 2.24) is 0 Å². The van der Waals surface area contributed by atoms with Crippen molar-refractivity contribution in [3.8, 4) is 0 Å². The average molecular weight is 443 g/mol. The van der Waals surface area contributed by atoms with Crippen LogP contribution in [0.2, 0.25) is 0 Å². The van der Waals surface area contributed by atoms with E-state index in [0.717, 1.165) is 19.3 Å². The molecule has 0 aromatic carbocycles. The number of carbonyl (C=O) groups excluding carboxylic acids is 1. The van der Waals surface area contributed by atoms with Gasteiger partial charge in [-0.15, -0.1) is 0 Å². The smallest absolute Gasteiger partial charge is 0.129 e. The van der Waals surface area contributed by atoms with Crippen LogP contribution in [0.15, 0.2) is 71.9 Å². The van der Waals surface area contributed by atoms with Gasteiger partial charge in [0.05, 0.1) is 0 Å². The Morgan fingerprint density at radius 2 is 1.50 bits per heavy atom. The van der Waals surface area contributed by atoms with Crippen molar-refractivity contribution in [3.05, 3.63) is 71.9 Å². The van der Waals surface area contributed by atoms with Crippen molar-refractivity contribution >= 4 is 5.78 Å². The summed E-state index contributed by atoms with van der Waals surface area (Å²) in [5.41, 5.74) is 5.34. The topological polar surface area (TPSA) is 17.1 Å². The maximum atomic E-state index is 11.4. The zero-order valence-corrected chi connectivity index (χ0v) is 23.6. The van der Waals surface area contributed by atoms with Gasteiger partial charge in [0.2, 0.25) is 0 Å². The summed E-state index contributed by atoms with van der Waals surface area (Å²) in [4.78, 5) is 11.4. The van der Waals surface area contributed by atoms with Crippen molar-refractivity contribution in [2.45, 2.75) is 109 Å². The molecule has 0 bridgehead atoms. The van der Waals surface area contributed by atoms with Gasteiger partial charge in [0.25, 0.3) is 0 Å². The fourth-order valence-corrected chi connectivity index (χ4v) is 3.88. The molecule has 1 unspecified atom stereocenters. The SMILES string of the molecule is C=C/C=C\C1=C(C)C(C=C)=C(/C=C\C)C1(C)CCC(C)(C)CCC(C)=O.CC.CC.CC. The van der Waals surface area contributed by atoms with E-state index in [9.17, 15) is 4.79 Å². The Morgan fingerprint density at radius 1 is 0.969 bits per heavy atom. The van der Waals surface area contributed by atoms with Gasteiger partial charge in [0, 0.05) is 11.8 Å². The van der Waals surface area contributed by atoms with Crippen molar-refractivity contribution in [2.24, 2.45) is 10.8 Å². The zero-order chi connectivity index (χ0) is 26.0. The quantitative estimate of drug-likeness (QED) is 0.307. The first-order chi connectivity index (χ1) is 15.1. The van der Waals surface area contributed by atoms with Gasteiger partial charge in [-0.2, -0.15) is 0 Å². The minimum atomic E-state index is -0.0485. The summed E-state index contributed by atoms with van der Waals surface area (Å²) in [6, 6.07) is 0. The molecule has 0 saturated carbocycles. The summed E-state index contributed by atoms with van der Waals surface area (Å²) >= 11 is 0. The van der Waals surface area contributed by atoms with Gasteiger partial charge < -0.3 is 4.79 Å².